The summed E-state index contributed by atoms with van der Waals surface area (Å²) in [5.41, 5.74) is 2.14. The summed E-state index contributed by atoms with van der Waals surface area (Å²) in [6.45, 7) is 3.35. The summed E-state index contributed by atoms with van der Waals surface area (Å²) in [6.07, 6.45) is 0.706. The van der Waals surface area contributed by atoms with E-state index in [4.69, 9.17) is 11.6 Å². The lowest BCUT2D eigenvalue weighted by atomic mass is 10.1. The quantitative estimate of drug-likeness (QED) is 0.367. The molecule has 202 valence electrons. The molecule has 1 heterocycles. The molecule has 7 nitrogen and oxygen atoms in total. The molecule has 2 atom stereocenters. The summed E-state index contributed by atoms with van der Waals surface area (Å²) in [5.74, 6) is -0.159. The molecule has 0 bridgehead atoms. The van der Waals surface area contributed by atoms with Crippen LogP contribution in [0.15, 0.2) is 82.6 Å². The molecule has 0 aliphatic carbocycles. The van der Waals surface area contributed by atoms with Gasteiger partial charge >= 0.3 is 0 Å². The number of hydrogen-bond donors (Lipinski definition) is 3. The van der Waals surface area contributed by atoms with Crippen molar-refractivity contribution in [3.8, 4) is 0 Å². The number of hydrogen-bond acceptors (Lipinski definition) is 6. The number of carbonyl (C=O) groups excluding carboxylic acids is 1. The number of nitrogens with one attached hydrogen (secondary N) is 1. The lowest BCUT2D eigenvalue weighted by Gasteiger charge is -2.29. The number of likely N-dealkylation sites (tertiary alicyclic amines) is 1. The molecule has 3 aromatic rings. The summed E-state index contributed by atoms with van der Waals surface area (Å²) >= 11 is 6.00. The van der Waals surface area contributed by atoms with E-state index in [1.165, 1.54) is 12.1 Å². The van der Waals surface area contributed by atoms with Crippen LogP contribution >= 0.6 is 11.6 Å². The number of carbonyl (C=O) groups is 1. The van der Waals surface area contributed by atoms with Crippen LogP contribution in [0.1, 0.15) is 47.4 Å². The van der Waals surface area contributed by atoms with Crippen molar-refractivity contribution in [1.29, 1.82) is 0 Å². The van der Waals surface area contributed by atoms with Gasteiger partial charge < -0.3 is 20.4 Å². The Morgan fingerprint density at radius 1 is 1.03 bits per heavy atom. The summed E-state index contributed by atoms with van der Waals surface area (Å²) in [4.78, 5) is 14.7. The summed E-state index contributed by atoms with van der Waals surface area (Å²) in [7, 11) is -3.73. The SMILES string of the molecule is C[C@H](Cc1ccc(S(=O)(=O)c2ccc(C(=O)N3CCC(O)CC3)cc2)cc1)NC[C@H](O)c1cccc(Cl)c1. The van der Waals surface area contributed by atoms with Crippen LogP contribution in [-0.4, -0.2) is 61.2 Å². The molecule has 0 saturated carbocycles. The maximum absolute atomic E-state index is 13.1. The number of nitrogens with zero attached hydrogens (tertiary/aromatic N) is 1. The van der Waals surface area contributed by atoms with Crippen LogP contribution in [0.2, 0.25) is 5.02 Å². The van der Waals surface area contributed by atoms with Crippen molar-refractivity contribution in [2.24, 2.45) is 0 Å². The van der Waals surface area contributed by atoms with Crippen LogP contribution in [0.4, 0.5) is 0 Å². The van der Waals surface area contributed by atoms with Crippen molar-refractivity contribution in [1.82, 2.24) is 10.2 Å². The van der Waals surface area contributed by atoms with Gasteiger partial charge in [0.2, 0.25) is 9.84 Å². The zero-order chi connectivity index (χ0) is 27.3. The number of benzene rings is 3. The van der Waals surface area contributed by atoms with Gasteiger partial charge in [-0.05, 0) is 85.8 Å². The molecule has 0 aromatic heterocycles. The molecular formula is C29H33ClN2O5S. The standard InChI is InChI=1S/C29H33ClN2O5S/c1-20(31-19-28(34)23-3-2-4-24(30)18-23)17-21-5-9-26(10-6-21)38(36,37)27-11-7-22(8-12-27)29(35)32-15-13-25(33)14-16-32/h2-12,18,20,25,28,31,33-34H,13-17,19H2,1H3/t20-,28+/m1/s1. The largest absolute Gasteiger partial charge is 0.393 e. The van der Waals surface area contributed by atoms with E-state index < -0.39 is 15.9 Å². The Bertz CT molecular complexity index is 1340. The molecular weight excluding hydrogens is 524 g/mol. The molecule has 1 fully saturated rings. The second-order valence-corrected chi connectivity index (χ2v) is 12.2. The molecule has 3 aromatic carbocycles. The zero-order valence-electron chi connectivity index (χ0n) is 21.3. The average Bonchev–Trinajstić information content (AvgIpc) is 2.92. The van der Waals surface area contributed by atoms with Crippen LogP contribution < -0.4 is 5.32 Å². The highest BCUT2D eigenvalue weighted by molar-refractivity contribution is 7.91. The first-order chi connectivity index (χ1) is 18.1. The Labute approximate surface area is 229 Å². The number of amides is 1. The average molecular weight is 557 g/mol. The van der Waals surface area contributed by atoms with Crippen molar-refractivity contribution in [2.45, 2.75) is 54.2 Å². The smallest absolute Gasteiger partial charge is 0.253 e. The van der Waals surface area contributed by atoms with E-state index in [0.717, 1.165) is 11.1 Å². The fourth-order valence-electron chi connectivity index (χ4n) is 4.54. The first-order valence-electron chi connectivity index (χ1n) is 12.7. The van der Waals surface area contributed by atoms with Crippen LogP contribution in [-0.2, 0) is 16.3 Å². The lowest BCUT2D eigenvalue weighted by Crippen LogP contribution is -2.40. The minimum absolute atomic E-state index is 0.0551. The second-order valence-electron chi connectivity index (χ2n) is 9.78. The highest BCUT2D eigenvalue weighted by atomic mass is 35.5. The van der Waals surface area contributed by atoms with E-state index in [9.17, 15) is 23.4 Å². The Hall–Kier alpha value is -2.75. The van der Waals surface area contributed by atoms with Crippen molar-refractivity contribution in [3.63, 3.8) is 0 Å². The molecule has 38 heavy (non-hydrogen) atoms. The Morgan fingerprint density at radius 2 is 1.63 bits per heavy atom. The van der Waals surface area contributed by atoms with E-state index >= 15 is 0 Å². The third-order valence-electron chi connectivity index (χ3n) is 6.83. The predicted octanol–water partition coefficient (Wildman–Crippen LogP) is 4.02. The number of piperidine rings is 1. The van der Waals surface area contributed by atoms with Gasteiger partial charge in [-0.15, -0.1) is 0 Å². The molecule has 1 aliphatic rings. The maximum Gasteiger partial charge on any atom is 0.253 e. The molecule has 1 saturated heterocycles. The number of rotatable bonds is 9. The van der Waals surface area contributed by atoms with Crippen molar-refractivity contribution in [2.75, 3.05) is 19.6 Å². The highest BCUT2D eigenvalue weighted by Gasteiger charge is 2.23. The summed E-state index contributed by atoms with van der Waals surface area (Å²) in [6, 6.07) is 20.0. The zero-order valence-corrected chi connectivity index (χ0v) is 22.8. The molecule has 1 aliphatic heterocycles. The highest BCUT2D eigenvalue weighted by Crippen LogP contribution is 2.23. The first kappa shape index (κ1) is 28.3. The maximum atomic E-state index is 13.1. The minimum atomic E-state index is -3.73. The number of aliphatic hydroxyl groups excluding tert-OH is 2. The van der Waals surface area contributed by atoms with Gasteiger partial charge in [0.25, 0.3) is 5.91 Å². The summed E-state index contributed by atoms with van der Waals surface area (Å²) in [5, 5.41) is 23.9. The van der Waals surface area contributed by atoms with E-state index in [0.29, 0.717) is 49.5 Å². The van der Waals surface area contributed by atoms with Crippen molar-refractivity contribution in [3.05, 3.63) is 94.5 Å². The van der Waals surface area contributed by atoms with E-state index in [1.807, 2.05) is 13.0 Å². The third-order valence-corrected chi connectivity index (χ3v) is 8.85. The van der Waals surface area contributed by atoms with E-state index in [2.05, 4.69) is 5.32 Å². The first-order valence-corrected chi connectivity index (χ1v) is 14.6. The van der Waals surface area contributed by atoms with E-state index in [1.54, 1.807) is 59.5 Å². The molecule has 9 heteroatoms. The molecule has 0 radical (unpaired) electrons. The Kier molecular flexibility index (Phi) is 9.23. The molecule has 0 unspecified atom stereocenters. The van der Waals surface area contributed by atoms with Crippen molar-refractivity contribution < 1.29 is 23.4 Å². The Balaban J connectivity index is 1.34. The van der Waals surface area contributed by atoms with Gasteiger partial charge in [-0.2, -0.15) is 0 Å². The predicted molar refractivity (Wildman–Crippen MR) is 147 cm³/mol. The van der Waals surface area contributed by atoms with Gasteiger partial charge in [-0.1, -0.05) is 35.9 Å². The number of halogens is 1. The van der Waals surface area contributed by atoms with Crippen LogP contribution in [0.3, 0.4) is 0 Å². The van der Waals surface area contributed by atoms with Crippen molar-refractivity contribution >= 4 is 27.3 Å². The normalized spacial score (nSPS) is 16.3. The lowest BCUT2D eigenvalue weighted by molar-refractivity contribution is 0.0546. The monoisotopic (exact) mass is 556 g/mol. The van der Waals surface area contributed by atoms with Crippen LogP contribution in [0, 0.1) is 0 Å². The topological polar surface area (TPSA) is 107 Å². The fourth-order valence-corrected chi connectivity index (χ4v) is 6.00. The van der Waals surface area contributed by atoms with Crippen LogP contribution in [0.5, 0.6) is 0 Å². The van der Waals surface area contributed by atoms with Gasteiger partial charge in [0.05, 0.1) is 22.0 Å². The second kappa shape index (κ2) is 12.4. The molecule has 3 N–H and O–H groups in total. The van der Waals surface area contributed by atoms with Gasteiger partial charge in [0, 0.05) is 36.3 Å². The summed E-state index contributed by atoms with van der Waals surface area (Å²) < 4.78 is 26.3. The van der Waals surface area contributed by atoms with Gasteiger partial charge in [0.15, 0.2) is 0 Å². The Morgan fingerprint density at radius 3 is 2.24 bits per heavy atom. The molecule has 0 spiro atoms. The van der Waals surface area contributed by atoms with Gasteiger partial charge in [-0.25, -0.2) is 8.42 Å². The van der Waals surface area contributed by atoms with Gasteiger partial charge in [0.1, 0.15) is 0 Å². The molecule has 1 amide bonds. The number of aliphatic hydroxyl groups is 2. The van der Waals surface area contributed by atoms with E-state index in [-0.39, 0.29) is 27.8 Å². The minimum Gasteiger partial charge on any atom is -0.393 e. The molecule has 4 rings (SSSR count). The third kappa shape index (κ3) is 7.01. The fraction of sp³-hybridized carbons (Fsp3) is 0.345. The number of sulfone groups is 1. The van der Waals surface area contributed by atoms with Crippen LogP contribution in [0.25, 0.3) is 0 Å². The van der Waals surface area contributed by atoms with Gasteiger partial charge in [-0.3, -0.25) is 4.79 Å².